The van der Waals surface area contributed by atoms with Crippen LogP contribution in [0.1, 0.15) is 31.2 Å². The molecule has 32 heavy (non-hydrogen) atoms. The Labute approximate surface area is 203 Å². The van der Waals surface area contributed by atoms with Gasteiger partial charge in [-0.3, -0.25) is 4.79 Å². The highest BCUT2D eigenvalue weighted by Gasteiger charge is 2.32. The van der Waals surface area contributed by atoms with Crippen LogP contribution in [0.4, 0.5) is 0 Å². The Bertz CT molecular complexity index is 1080. The zero-order chi connectivity index (χ0) is 23.1. The smallest absolute Gasteiger partial charge is 0.338 e. The van der Waals surface area contributed by atoms with E-state index in [4.69, 9.17) is 26.1 Å². The van der Waals surface area contributed by atoms with Crippen molar-refractivity contribution in [3.05, 3.63) is 62.8 Å². The Kier molecular flexibility index (Phi) is 8.22. The molecule has 1 amide bonds. The van der Waals surface area contributed by atoms with E-state index in [-0.39, 0.29) is 13.2 Å². The number of thiocarbonyl (C=S) groups is 1. The standard InChI is InChI=1S/C21H21IN4O5S/c1-3-29-20(28)18-12(2)24-21(32)25-19(18)14-6-4-5-7-15(14)30-11-17(27)26-23-10-13-8-9-16(22)31-13/h4-10,19H,3,11H2,1-2H3,(H,26,27)(H2,24,25,32)/t19-/m1/s1. The fourth-order valence-electron chi connectivity index (χ4n) is 3.00. The minimum absolute atomic E-state index is 0.239. The first-order valence-electron chi connectivity index (χ1n) is 9.63. The Morgan fingerprint density at radius 2 is 2.09 bits per heavy atom. The zero-order valence-corrected chi connectivity index (χ0v) is 20.3. The predicted octanol–water partition coefficient (Wildman–Crippen LogP) is 2.77. The molecule has 1 atom stereocenters. The summed E-state index contributed by atoms with van der Waals surface area (Å²) >= 11 is 7.30. The Hall–Kier alpha value is -2.93. The lowest BCUT2D eigenvalue weighted by Gasteiger charge is -2.30. The lowest BCUT2D eigenvalue weighted by Crippen LogP contribution is -2.45. The van der Waals surface area contributed by atoms with Gasteiger partial charge >= 0.3 is 5.97 Å². The number of benzene rings is 1. The normalized spacial score (nSPS) is 15.8. The van der Waals surface area contributed by atoms with Gasteiger partial charge in [0, 0.05) is 11.3 Å². The van der Waals surface area contributed by atoms with E-state index < -0.39 is 17.9 Å². The van der Waals surface area contributed by atoms with Gasteiger partial charge in [-0.1, -0.05) is 18.2 Å². The van der Waals surface area contributed by atoms with Crippen LogP contribution in [0, 0.1) is 3.77 Å². The number of esters is 1. The molecule has 0 saturated carbocycles. The molecule has 0 radical (unpaired) electrons. The number of ether oxygens (including phenoxy) is 2. The van der Waals surface area contributed by atoms with Crippen LogP contribution in [0.3, 0.4) is 0 Å². The third-order valence-corrected chi connectivity index (χ3v) is 5.13. The van der Waals surface area contributed by atoms with E-state index in [1.54, 1.807) is 44.2 Å². The van der Waals surface area contributed by atoms with E-state index >= 15 is 0 Å². The number of para-hydroxylation sites is 1. The molecule has 0 saturated heterocycles. The van der Waals surface area contributed by atoms with Crippen molar-refractivity contribution in [3.8, 4) is 5.75 Å². The van der Waals surface area contributed by atoms with E-state index in [0.717, 1.165) is 0 Å². The summed E-state index contributed by atoms with van der Waals surface area (Å²) in [7, 11) is 0. The van der Waals surface area contributed by atoms with Crippen LogP contribution in [0.5, 0.6) is 5.75 Å². The molecule has 0 bridgehead atoms. The van der Waals surface area contributed by atoms with E-state index in [1.165, 1.54) is 6.21 Å². The Morgan fingerprint density at radius 1 is 1.31 bits per heavy atom. The van der Waals surface area contributed by atoms with Crippen molar-refractivity contribution in [2.75, 3.05) is 13.2 Å². The minimum Gasteiger partial charge on any atom is -0.483 e. The molecule has 0 spiro atoms. The lowest BCUT2D eigenvalue weighted by molar-refractivity contribution is -0.139. The van der Waals surface area contributed by atoms with Gasteiger partial charge < -0.3 is 24.5 Å². The Morgan fingerprint density at radius 3 is 2.81 bits per heavy atom. The maximum Gasteiger partial charge on any atom is 0.338 e. The van der Waals surface area contributed by atoms with Crippen molar-refractivity contribution in [2.24, 2.45) is 5.10 Å². The number of hydrazone groups is 1. The molecule has 3 rings (SSSR count). The highest BCUT2D eigenvalue weighted by atomic mass is 127. The van der Waals surface area contributed by atoms with Gasteiger partial charge in [0.15, 0.2) is 15.5 Å². The lowest BCUT2D eigenvalue weighted by atomic mass is 9.95. The number of halogens is 1. The number of hydrogen-bond donors (Lipinski definition) is 3. The third-order valence-electron chi connectivity index (χ3n) is 4.33. The fourth-order valence-corrected chi connectivity index (χ4v) is 3.70. The van der Waals surface area contributed by atoms with Gasteiger partial charge in [-0.2, -0.15) is 5.10 Å². The number of carbonyl (C=O) groups is 2. The molecule has 0 aliphatic carbocycles. The molecule has 11 heteroatoms. The number of furan rings is 1. The van der Waals surface area contributed by atoms with Crippen LogP contribution >= 0.6 is 34.8 Å². The molecule has 1 aromatic carbocycles. The highest BCUT2D eigenvalue weighted by molar-refractivity contribution is 14.1. The molecule has 168 valence electrons. The number of allylic oxidation sites excluding steroid dienone is 1. The first kappa shape index (κ1) is 23.7. The van der Waals surface area contributed by atoms with Crippen molar-refractivity contribution in [1.82, 2.24) is 16.1 Å². The number of nitrogens with zero attached hydrogens (tertiary/aromatic N) is 1. The second-order valence-corrected chi connectivity index (χ2v) is 8.02. The van der Waals surface area contributed by atoms with E-state index in [9.17, 15) is 9.59 Å². The molecular weight excluding hydrogens is 547 g/mol. The minimum atomic E-state index is -0.596. The summed E-state index contributed by atoms with van der Waals surface area (Å²) in [6.45, 7) is 3.45. The molecule has 3 N–H and O–H groups in total. The third kappa shape index (κ3) is 6.07. The summed E-state index contributed by atoms with van der Waals surface area (Å²) < 4.78 is 17.0. The largest absolute Gasteiger partial charge is 0.483 e. The second kappa shape index (κ2) is 11.1. The van der Waals surface area contributed by atoms with Gasteiger partial charge in [0.1, 0.15) is 11.5 Å². The molecule has 2 heterocycles. The van der Waals surface area contributed by atoms with Crippen LogP contribution < -0.4 is 20.8 Å². The van der Waals surface area contributed by atoms with Crippen molar-refractivity contribution < 1.29 is 23.5 Å². The maximum atomic E-state index is 12.6. The zero-order valence-electron chi connectivity index (χ0n) is 17.3. The molecule has 0 unspecified atom stereocenters. The number of carbonyl (C=O) groups excluding carboxylic acids is 2. The average Bonchev–Trinajstić information content (AvgIpc) is 3.17. The molecule has 1 aromatic heterocycles. The van der Waals surface area contributed by atoms with Gasteiger partial charge in [0.05, 0.1) is 24.4 Å². The van der Waals surface area contributed by atoms with Gasteiger partial charge in [0.25, 0.3) is 5.91 Å². The van der Waals surface area contributed by atoms with Crippen LogP contribution in [0.25, 0.3) is 0 Å². The quantitative estimate of drug-likeness (QED) is 0.147. The number of rotatable bonds is 8. The molecule has 0 fully saturated rings. The predicted molar refractivity (Wildman–Crippen MR) is 130 cm³/mol. The Balaban J connectivity index is 1.72. The number of hydrogen-bond acceptors (Lipinski definition) is 7. The van der Waals surface area contributed by atoms with Gasteiger partial charge in [-0.15, -0.1) is 0 Å². The molecule has 9 nitrogen and oxygen atoms in total. The van der Waals surface area contributed by atoms with Crippen LogP contribution in [0.2, 0.25) is 0 Å². The van der Waals surface area contributed by atoms with Crippen molar-refractivity contribution in [3.63, 3.8) is 0 Å². The van der Waals surface area contributed by atoms with Crippen molar-refractivity contribution in [1.29, 1.82) is 0 Å². The van der Waals surface area contributed by atoms with E-state index in [0.29, 0.717) is 37.2 Å². The average molecular weight is 568 g/mol. The van der Waals surface area contributed by atoms with Crippen molar-refractivity contribution >= 4 is 58.0 Å². The summed E-state index contributed by atoms with van der Waals surface area (Å²) in [5.74, 6) is 0.0157. The monoisotopic (exact) mass is 568 g/mol. The second-order valence-electron chi connectivity index (χ2n) is 6.55. The maximum absolute atomic E-state index is 12.6. The first-order chi connectivity index (χ1) is 15.4. The SMILES string of the molecule is CCOC(=O)C1=C(C)NC(=S)N[C@@H]1c1ccccc1OCC(=O)NN=Cc1ccc(I)o1. The molecule has 1 aliphatic rings. The van der Waals surface area contributed by atoms with Gasteiger partial charge in [0.2, 0.25) is 0 Å². The van der Waals surface area contributed by atoms with E-state index in [1.807, 2.05) is 28.7 Å². The summed E-state index contributed by atoms with van der Waals surface area (Å²) in [6, 6.07) is 10.0. The van der Waals surface area contributed by atoms with Crippen LogP contribution in [-0.4, -0.2) is 36.4 Å². The van der Waals surface area contributed by atoms with Crippen molar-refractivity contribution in [2.45, 2.75) is 19.9 Å². The topological polar surface area (TPSA) is 114 Å². The van der Waals surface area contributed by atoms with Gasteiger partial charge in [-0.25, -0.2) is 10.2 Å². The first-order valence-corrected chi connectivity index (χ1v) is 11.1. The summed E-state index contributed by atoms with van der Waals surface area (Å²) in [5.41, 5.74) is 4.00. The summed E-state index contributed by atoms with van der Waals surface area (Å²) in [5, 5.41) is 10.2. The fraction of sp³-hybridized carbons (Fsp3) is 0.238. The summed E-state index contributed by atoms with van der Waals surface area (Å²) in [6.07, 6.45) is 1.40. The molecule has 1 aliphatic heterocycles. The van der Waals surface area contributed by atoms with Crippen LogP contribution in [-0.2, 0) is 14.3 Å². The number of amides is 1. The molecule has 2 aromatic rings. The van der Waals surface area contributed by atoms with Gasteiger partial charge in [-0.05, 0) is 66.9 Å². The van der Waals surface area contributed by atoms with E-state index in [2.05, 4.69) is 21.2 Å². The number of nitrogens with one attached hydrogen (secondary N) is 3. The molecular formula is C21H21IN4O5S. The highest BCUT2D eigenvalue weighted by Crippen LogP contribution is 2.33. The van der Waals surface area contributed by atoms with Crippen LogP contribution in [0.15, 0.2) is 57.2 Å². The summed E-state index contributed by atoms with van der Waals surface area (Å²) in [4.78, 5) is 24.7.